The number of aliphatic hydroxyl groups excluding tert-OH is 2. The third-order valence-corrected chi connectivity index (χ3v) is 4.58. The van der Waals surface area contributed by atoms with Crippen LogP contribution in [0.2, 0.25) is 0 Å². The van der Waals surface area contributed by atoms with Gasteiger partial charge in [0.05, 0.1) is 16.4 Å². The zero-order valence-corrected chi connectivity index (χ0v) is 13.3. The number of ether oxygens (including phenoxy) is 2. The fourth-order valence-electron chi connectivity index (χ4n) is 1.28. The summed E-state index contributed by atoms with van der Waals surface area (Å²) in [7, 11) is 0. The van der Waals surface area contributed by atoms with Crippen molar-refractivity contribution in [2.45, 2.75) is 50.8 Å². The van der Waals surface area contributed by atoms with E-state index in [0.717, 1.165) is 23.5 Å². The van der Waals surface area contributed by atoms with Crippen molar-refractivity contribution in [1.82, 2.24) is 0 Å². The number of esters is 2. The van der Waals surface area contributed by atoms with Crippen LogP contribution in [0.5, 0.6) is 0 Å². The summed E-state index contributed by atoms with van der Waals surface area (Å²) in [4.78, 5) is 24.0. The van der Waals surface area contributed by atoms with Gasteiger partial charge in [-0.1, -0.05) is 23.5 Å². The van der Waals surface area contributed by atoms with Crippen molar-refractivity contribution in [3.63, 3.8) is 0 Å². The van der Waals surface area contributed by atoms with Crippen LogP contribution >= 0.6 is 23.5 Å². The van der Waals surface area contributed by atoms with E-state index >= 15 is 0 Å². The lowest BCUT2D eigenvalue weighted by Gasteiger charge is -2.13. The second kappa shape index (κ2) is 7.35. The summed E-state index contributed by atoms with van der Waals surface area (Å²) in [6.07, 6.45) is -0.785. The zero-order valence-electron chi connectivity index (χ0n) is 11.7. The molecule has 0 radical (unpaired) electrons. The van der Waals surface area contributed by atoms with Crippen molar-refractivity contribution in [2.75, 3.05) is 0 Å². The number of hydrogen-bond acceptors (Lipinski definition) is 8. The first-order valence-corrected chi connectivity index (χ1v) is 7.84. The summed E-state index contributed by atoms with van der Waals surface area (Å²) < 4.78 is 10.2. The Bertz CT molecular complexity index is 382. The number of rotatable bonds is 4. The van der Waals surface area contributed by atoms with Gasteiger partial charge in [-0.05, 0) is 27.7 Å². The van der Waals surface area contributed by atoms with Gasteiger partial charge in [0, 0.05) is 0 Å². The molecule has 2 unspecified atom stereocenters. The van der Waals surface area contributed by atoms with Gasteiger partial charge in [-0.2, -0.15) is 0 Å². The highest BCUT2D eigenvalue weighted by atomic mass is 32.2. The minimum Gasteiger partial charge on any atom is -0.459 e. The summed E-state index contributed by atoms with van der Waals surface area (Å²) in [5.74, 6) is -1.64. The van der Waals surface area contributed by atoms with Gasteiger partial charge in [-0.3, -0.25) is 0 Å². The molecule has 0 aliphatic carbocycles. The topological polar surface area (TPSA) is 93.1 Å². The average molecular weight is 322 g/mol. The lowest BCUT2D eigenvalue weighted by Crippen LogP contribution is -2.23. The molecule has 6 nitrogen and oxygen atoms in total. The molecule has 114 valence electrons. The minimum absolute atomic E-state index is 0.210. The molecule has 2 N–H and O–H groups in total. The van der Waals surface area contributed by atoms with E-state index in [1.165, 1.54) is 0 Å². The molecular formula is C12H18O6S2. The first-order valence-electron chi connectivity index (χ1n) is 6.08. The maximum Gasteiger partial charge on any atom is 0.347 e. The summed E-state index contributed by atoms with van der Waals surface area (Å²) in [6, 6.07) is 0. The molecule has 2 atom stereocenters. The van der Waals surface area contributed by atoms with Crippen LogP contribution in [0.15, 0.2) is 9.81 Å². The van der Waals surface area contributed by atoms with Crippen LogP contribution in [0.3, 0.4) is 0 Å². The Morgan fingerprint density at radius 3 is 1.60 bits per heavy atom. The summed E-state index contributed by atoms with van der Waals surface area (Å²) >= 11 is 1.68. The fourth-order valence-corrected chi connectivity index (χ4v) is 3.67. The number of hydrogen-bond donors (Lipinski definition) is 2. The second-order valence-corrected chi connectivity index (χ2v) is 7.10. The Morgan fingerprint density at radius 2 is 1.30 bits per heavy atom. The number of thioether (sulfide) groups is 2. The zero-order chi connectivity index (χ0) is 15.4. The molecular weight excluding hydrogens is 304 g/mol. The highest BCUT2D eigenvalue weighted by Crippen LogP contribution is 2.46. The maximum atomic E-state index is 12.0. The normalized spacial score (nSPS) is 22.3. The van der Waals surface area contributed by atoms with E-state index < -0.39 is 35.0 Å². The fraction of sp³-hybridized carbons (Fsp3) is 0.667. The van der Waals surface area contributed by atoms with Gasteiger partial charge in [-0.25, -0.2) is 9.59 Å². The van der Waals surface area contributed by atoms with E-state index in [1.54, 1.807) is 27.7 Å². The smallest absolute Gasteiger partial charge is 0.347 e. The van der Waals surface area contributed by atoms with Gasteiger partial charge < -0.3 is 19.7 Å². The van der Waals surface area contributed by atoms with Crippen molar-refractivity contribution in [3.8, 4) is 0 Å². The molecule has 1 fully saturated rings. The molecule has 0 aromatic rings. The molecule has 0 spiro atoms. The first kappa shape index (κ1) is 17.4. The Labute approximate surface area is 125 Å². The van der Waals surface area contributed by atoms with Gasteiger partial charge in [0.1, 0.15) is 10.9 Å². The predicted octanol–water partition coefficient (Wildman–Crippen LogP) is 1.22. The number of carbonyl (C=O) groups is 2. The van der Waals surface area contributed by atoms with Crippen LogP contribution in [0.25, 0.3) is 0 Å². The maximum absolute atomic E-state index is 12.0. The van der Waals surface area contributed by atoms with Crippen molar-refractivity contribution in [1.29, 1.82) is 0 Å². The molecule has 1 aliphatic heterocycles. The quantitative estimate of drug-likeness (QED) is 0.345. The first-order chi connectivity index (χ1) is 9.22. The van der Waals surface area contributed by atoms with Crippen LogP contribution in [-0.4, -0.2) is 45.2 Å². The van der Waals surface area contributed by atoms with Crippen LogP contribution in [-0.2, 0) is 19.1 Å². The summed E-state index contributed by atoms with van der Waals surface area (Å²) in [5, 5.41) is 19.0. The van der Waals surface area contributed by atoms with Gasteiger partial charge >= 0.3 is 11.9 Å². The molecule has 0 bridgehead atoms. The minimum atomic E-state index is -1.09. The van der Waals surface area contributed by atoms with E-state index in [2.05, 4.69) is 0 Å². The van der Waals surface area contributed by atoms with Crippen LogP contribution in [0, 0.1) is 0 Å². The molecule has 8 heteroatoms. The molecule has 1 heterocycles. The Hall–Kier alpha value is -0.700. The van der Waals surface area contributed by atoms with E-state index in [4.69, 9.17) is 9.47 Å². The molecule has 1 rings (SSSR count). The van der Waals surface area contributed by atoms with Crippen LogP contribution < -0.4 is 0 Å². The molecule has 1 aliphatic rings. The highest BCUT2D eigenvalue weighted by molar-refractivity contribution is 8.25. The van der Waals surface area contributed by atoms with Crippen molar-refractivity contribution >= 4 is 35.5 Å². The van der Waals surface area contributed by atoms with E-state index in [-0.39, 0.29) is 9.81 Å². The van der Waals surface area contributed by atoms with Crippen LogP contribution in [0.1, 0.15) is 27.7 Å². The number of carbonyl (C=O) groups excluding carboxylic acids is 2. The summed E-state index contributed by atoms with van der Waals surface area (Å²) in [5.41, 5.74) is -2.47. The van der Waals surface area contributed by atoms with E-state index in [9.17, 15) is 19.8 Å². The van der Waals surface area contributed by atoms with Gasteiger partial charge in [-0.15, -0.1) is 0 Å². The van der Waals surface area contributed by atoms with Crippen molar-refractivity contribution < 1.29 is 29.3 Å². The monoisotopic (exact) mass is 322 g/mol. The highest BCUT2D eigenvalue weighted by Gasteiger charge is 2.37. The largest absolute Gasteiger partial charge is 0.459 e. The van der Waals surface area contributed by atoms with E-state index in [1.807, 2.05) is 0 Å². The van der Waals surface area contributed by atoms with Crippen molar-refractivity contribution in [2.24, 2.45) is 0 Å². The average Bonchev–Trinajstić information content (AvgIpc) is 2.56. The molecule has 0 aromatic carbocycles. The number of aliphatic hydroxyl groups is 2. The van der Waals surface area contributed by atoms with Crippen molar-refractivity contribution in [3.05, 3.63) is 9.81 Å². The van der Waals surface area contributed by atoms with Crippen LogP contribution in [0.4, 0.5) is 0 Å². The SMILES string of the molecule is CC(C)OC(=O)C(C(=O)OC(C)C)=C1SC(O)C(O)S1. The Kier molecular flexibility index (Phi) is 6.38. The molecule has 0 aromatic heterocycles. The third kappa shape index (κ3) is 4.69. The van der Waals surface area contributed by atoms with E-state index in [0.29, 0.717) is 0 Å². The molecule has 0 amide bonds. The van der Waals surface area contributed by atoms with Gasteiger partial charge in [0.15, 0.2) is 5.57 Å². The Morgan fingerprint density at radius 1 is 0.950 bits per heavy atom. The third-order valence-electron chi connectivity index (χ3n) is 2.00. The molecule has 1 saturated heterocycles. The van der Waals surface area contributed by atoms with Gasteiger partial charge in [0.2, 0.25) is 0 Å². The second-order valence-electron chi connectivity index (χ2n) is 4.59. The lowest BCUT2D eigenvalue weighted by atomic mass is 10.3. The summed E-state index contributed by atoms with van der Waals surface area (Å²) in [6.45, 7) is 6.64. The van der Waals surface area contributed by atoms with Gasteiger partial charge in [0.25, 0.3) is 0 Å². The molecule has 20 heavy (non-hydrogen) atoms. The lowest BCUT2D eigenvalue weighted by molar-refractivity contribution is -0.150. The standard InChI is InChI=1S/C12H18O6S2/c1-5(2)17-8(13)7(9(14)18-6(3)4)12-19-10(15)11(16)20-12/h5-6,10-11,15-16H,1-4H3. The molecule has 0 saturated carbocycles. The predicted molar refractivity (Wildman–Crippen MR) is 76.7 cm³/mol. The Balaban J connectivity index is 3.05.